The van der Waals surface area contributed by atoms with Gasteiger partial charge in [-0.05, 0) is 64.1 Å². The van der Waals surface area contributed by atoms with Gasteiger partial charge in [0, 0.05) is 6.61 Å². The fourth-order valence-corrected chi connectivity index (χ4v) is 4.93. The molecule has 198 valence electrons. The zero-order chi connectivity index (χ0) is 26.8. The Balaban J connectivity index is 2.37. The maximum absolute atomic E-state index is 12.5. The fourth-order valence-electron chi connectivity index (χ4n) is 3.84. The second kappa shape index (κ2) is 10.4. The van der Waals surface area contributed by atoms with Crippen molar-refractivity contribution in [3.63, 3.8) is 0 Å². The number of aromatic amines is 1. The van der Waals surface area contributed by atoms with Crippen LogP contribution in [0.25, 0.3) is 0 Å². The van der Waals surface area contributed by atoms with Crippen molar-refractivity contribution in [1.82, 2.24) is 15.3 Å². The molecule has 1 fully saturated rings. The van der Waals surface area contributed by atoms with Crippen molar-refractivity contribution in [2.75, 3.05) is 20.3 Å². The number of aromatic nitrogens is 2. The van der Waals surface area contributed by atoms with E-state index in [0.29, 0.717) is 19.4 Å². The average molecular weight is 512 g/mol. The molecule has 0 saturated heterocycles. The summed E-state index contributed by atoms with van der Waals surface area (Å²) in [6.45, 7) is 16.7. The highest BCUT2D eigenvalue weighted by Crippen LogP contribution is 2.43. The normalized spacial score (nSPS) is 21.1. The van der Waals surface area contributed by atoms with Crippen molar-refractivity contribution < 1.29 is 28.6 Å². The molecule has 3 N–H and O–H groups in total. The van der Waals surface area contributed by atoms with Crippen LogP contribution in [0, 0.1) is 5.92 Å². The molecular weight excluding hydrogens is 470 g/mol. The van der Waals surface area contributed by atoms with E-state index < -0.39 is 48.4 Å². The predicted molar refractivity (Wildman–Crippen MR) is 134 cm³/mol. The second-order valence-corrected chi connectivity index (χ2v) is 16.6. The van der Waals surface area contributed by atoms with Gasteiger partial charge in [-0.15, -0.1) is 0 Å². The zero-order valence-corrected chi connectivity index (χ0v) is 23.5. The van der Waals surface area contributed by atoms with Gasteiger partial charge in [0.25, 0.3) is 5.56 Å². The Hall–Kier alpha value is -2.24. The van der Waals surface area contributed by atoms with Crippen LogP contribution in [-0.4, -0.2) is 61.2 Å². The molecule has 2 rings (SSSR count). The number of nitrogens with one attached hydrogen (secondary N) is 2. The van der Waals surface area contributed by atoms with Crippen LogP contribution in [0.3, 0.4) is 0 Å². The van der Waals surface area contributed by atoms with Crippen LogP contribution in [0.4, 0.5) is 0 Å². The number of carbonyl (C=O) groups excluding carboxylic acids is 2. The van der Waals surface area contributed by atoms with Crippen LogP contribution in [0.1, 0.15) is 77.1 Å². The number of hydrogen-bond donors (Lipinski definition) is 3. The third-order valence-electron chi connectivity index (χ3n) is 6.82. The van der Waals surface area contributed by atoms with E-state index in [2.05, 4.69) is 53.9 Å². The zero-order valence-electron chi connectivity index (χ0n) is 22.5. The monoisotopic (exact) mass is 511 g/mol. The van der Waals surface area contributed by atoms with E-state index in [9.17, 15) is 19.5 Å². The molecule has 2 atom stereocenters. The molecule has 1 aliphatic rings. The van der Waals surface area contributed by atoms with Gasteiger partial charge in [0.05, 0.1) is 19.2 Å². The van der Waals surface area contributed by atoms with Crippen LogP contribution in [0.15, 0.2) is 4.79 Å². The van der Waals surface area contributed by atoms with Crippen molar-refractivity contribution in [1.29, 1.82) is 0 Å². The standard InChI is InChI=1S/C24H41N3O7Si/c1-22(2,3)34-16(28)13-25-24(21-26-17(20(31)32-7)18(29)19(30)27-21)11-10-15(12-24)14-33-35(8,9)23(4,5)6/h15,25,29H,10-14H2,1-9H3,(H,26,27,30). The maximum Gasteiger partial charge on any atom is 0.360 e. The molecule has 0 amide bonds. The third kappa shape index (κ3) is 7.14. The van der Waals surface area contributed by atoms with Crippen LogP contribution < -0.4 is 10.9 Å². The Morgan fingerprint density at radius 1 is 1.23 bits per heavy atom. The van der Waals surface area contributed by atoms with Gasteiger partial charge in [0.15, 0.2) is 14.0 Å². The van der Waals surface area contributed by atoms with Gasteiger partial charge in [-0.2, -0.15) is 0 Å². The minimum absolute atomic E-state index is 0.0663. The quantitative estimate of drug-likeness (QED) is 0.354. The van der Waals surface area contributed by atoms with E-state index in [-0.39, 0.29) is 23.3 Å². The lowest BCUT2D eigenvalue weighted by molar-refractivity contribution is -0.154. The van der Waals surface area contributed by atoms with E-state index in [4.69, 9.17) is 9.16 Å². The predicted octanol–water partition coefficient (Wildman–Crippen LogP) is 3.21. The molecule has 1 saturated carbocycles. The first-order valence-corrected chi connectivity index (χ1v) is 14.8. The molecule has 1 aromatic rings. The molecule has 1 aliphatic carbocycles. The Labute approximate surface area is 208 Å². The lowest BCUT2D eigenvalue weighted by atomic mass is 9.94. The van der Waals surface area contributed by atoms with E-state index in [1.807, 2.05) is 0 Å². The molecule has 0 radical (unpaired) electrons. The van der Waals surface area contributed by atoms with Gasteiger partial charge in [-0.3, -0.25) is 14.9 Å². The lowest BCUT2D eigenvalue weighted by Crippen LogP contribution is -2.47. The highest BCUT2D eigenvalue weighted by atomic mass is 28.4. The van der Waals surface area contributed by atoms with E-state index in [0.717, 1.165) is 13.5 Å². The molecule has 10 nitrogen and oxygen atoms in total. The van der Waals surface area contributed by atoms with Crippen LogP contribution in [-0.2, 0) is 24.2 Å². The molecule has 1 aromatic heterocycles. The third-order valence-corrected chi connectivity index (χ3v) is 11.3. The van der Waals surface area contributed by atoms with Crippen molar-refractivity contribution in [2.45, 2.75) is 90.1 Å². The van der Waals surface area contributed by atoms with Crippen molar-refractivity contribution in [3.05, 3.63) is 21.9 Å². The number of carbonyl (C=O) groups is 2. The van der Waals surface area contributed by atoms with Crippen molar-refractivity contribution in [3.8, 4) is 5.75 Å². The van der Waals surface area contributed by atoms with E-state index in [1.54, 1.807) is 20.8 Å². The molecule has 35 heavy (non-hydrogen) atoms. The number of H-pyrrole nitrogens is 1. The van der Waals surface area contributed by atoms with Crippen LogP contribution in [0.5, 0.6) is 5.75 Å². The second-order valence-electron chi connectivity index (χ2n) is 11.8. The van der Waals surface area contributed by atoms with Gasteiger partial charge in [0.2, 0.25) is 5.75 Å². The first kappa shape index (κ1) is 29.0. The topological polar surface area (TPSA) is 140 Å². The number of ether oxygens (including phenoxy) is 2. The highest BCUT2D eigenvalue weighted by molar-refractivity contribution is 6.74. The summed E-state index contributed by atoms with van der Waals surface area (Å²) < 4.78 is 16.5. The smallest absolute Gasteiger partial charge is 0.360 e. The molecular formula is C24H41N3O7Si. The van der Waals surface area contributed by atoms with E-state index >= 15 is 0 Å². The number of rotatable bonds is 8. The maximum atomic E-state index is 12.5. The summed E-state index contributed by atoms with van der Waals surface area (Å²) in [5.41, 5.74) is -2.89. The lowest BCUT2D eigenvalue weighted by Gasteiger charge is -2.37. The Morgan fingerprint density at radius 3 is 2.40 bits per heavy atom. The Bertz CT molecular complexity index is 994. The minimum Gasteiger partial charge on any atom is -0.501 e. The van der Waals surface area contributed by atoms with Gasteiger partial charge in [-0.1, -0.05) is 20.8 Å². The van der Waals surface area contributed by atoms with Crippen LogP contribution >= 0.6 is 0 Å². The first-order chi connectivity index (χ1) is 15.9. The number of aromatic hydroxyl groups is 1. The number of nitrogens with zero attached hydrogens (tertiary/aromatic N) is 1. The molecule has 1 heterocycles. The average Bonchev–Trinajstić information content (AvgIpc) is 3.15. The van der Waals surface area contributed by atoms with Crippen molar-refractivity contribution in [2.24, 2.45) is 5.92 Å². The molecule has 0 aliphatic heterocycles. The van der Waals surface area contributed by atoms with Gasteiger partial charge >= 0.3 is 11.9 Å². The minimum atomic E-state index is -1.97. The fraction of sp³-hybridized carbons (Fsp3) is 0.750. The highest BCUT2D eigenvalue weighted by Gasteiger charge is 2.45. The summed E-state index contributed by atoms with van der Waals surface area (Å²) in [6.07, 6.45) is 1.81. The molecule has 0 spiro atoms. The summed E-state index contributed by atoms with van der Waals surface area (Å²) in [6, 6.07) is 0. The molecule has 0 aromatic carbocycles. The first-order valence-electron chi connectivity index (χ1n) is 11.9. The number of hydrogen-bond acceptors (Lipinski definition) is 9. The van der Waals surface area contributed by atoms with E-state index in [1.165, 1.54) is 0 Å². The van der Waals surface area contributed by atoms with Gasteiger partial charge in [-0.25, -0.2) is 9.78 Å². The van der Waals surface area contributed by atoms with Gasteiger partial charge in [0.1, 0.15) is 11.4 Å². The van der Waals surface area contributed by atoms with Gasteiger partial charge < -0.3 is 24.0 Å². The van der Waals surface area contributed by atoms with Crippen LogP contribution in [0.2, 0.25) is 18.1 Å². The number of esters is 2. The number of methoxy groups -OCH3 is 1. The summed E-state index contributed by atoms with van der Waals surface area (Å²) >= 11 is 0. The SMILES string of the molecule is COC(=O)c1nc(C2(NCC(=O)OC(C)(C)C)CCC(CO[Si](C)(C)C(C)(C)C)C2)[nH]c(=O)c1O. The summed E-state index contributed by atoms with van der Waals surface area (Å²) in [5.74, 6) is -1.88. The summed E-state index contributed by atoms with van der Waals surface area (Å²) in [5, 5.41) is 13.4. The molecule has 0 bridgehead atoms. The van der Waals surface area contributed by atoms with Crippen molar-refractivity contribution >= 4 is 20.3 Å². The Morgan fingerprint density at radius 2 is 1.86 bits per heavy atom. The molecule has 11 heteroatoms. The summed E-state index contributed by atoms with van der Waals surface area (Å²) in [7, 11) is -0.825. The molecule has 2 unspecified atom stereocenters. The Kier molecular flexibility index (Phi) is 8.61. The largest absolute Gasteiger partial charge is 0.501 e. The summed E-state index contributed by atoms with van der Waals surface area (Å²) in [4.78, 5) is 43.9.